The number of aromatic amines is 1. The monoisotopic (exact) mass is 352 g/mol. The number of amides is 2. The van der Waals surface area contributed by atoms with Crippen molar-refractivity contribution in [3.05, 3.63) is 48.0 Å². The zero-order valence-corrected chi connectivity index (χ0v) is 14.5. The number of rotatable bonds is 3. The number of aromatic nitrogens is 4. The lowest BCUT2D eigenvalue weighted by Gasteiger charge is -2.25. The highest BCUT2D eigenvalue weighted by atomic mass is 16.2. The van der Waals surface area contributed by atoms with E-state index in [2.05, 4.69) is 20.5 Å². The van der Waals surface area contributed by atoms with E-state index in [4.69, 9.17) is 0 Å². The van der Waals surface area contributed by atoms with Crippen LogP contribution in [0.4, 0.5) is 0 Å². The fourth-order valence-electron chi connectivity index (χ4n) is 3.22. The van der Waals surface area contributed by atoms with Crippen molar-refractivity contribution in [1.82, 2.24) is 30.0 Å². The lowest BCUT2D eigenvalue weighted by molar-refractivity contribution is -0.120. The molecule has 1 unspecified atom stereocenters. The summed E-state index contributed by atoms with van der Waals surface area (Å²) in [6.07, 6.45) is 2.09. The van der Waals surface area contributed by atoms with E-state index in [1.54, 1.807) is 17.3 Å². The fourth-order valence-corrected chi connectivity index (χ4v) is 3.22. The molecule has 0 spiro atoms. The maximum Gasteiger partial charge on any atom is 0.274 e. The molecular weight excluding hydrogens is 332 g/mol. The van der Waals surface area contributed by atoms with Crippen LogP contribution in [-0.4, -0.2) is 55.6 Å². The molecule has 26 heavy (non-hydrogen) atoms. The van der Waals surface area contributed by atoms with Gasteiger partial charge in [0.1, 0.15) is 5.69 Å². The van der Waals surface area contributed by atoms with Gasteiger partial charge in [-0.2, -0.15) is 5.10 Å². The number of carbonyl (C=O) groups is 2. The Kier molecular flexibility index (Phi) is 4.16. The summed E-state index contributed by atoms with van der Waals surface area (Å²) >= 11 is 0. The van der Waals surface area contributed by atoms with E-state index in [9.17, 15) is 9.59 Å². The fraction of sp³-hybridized carbons (Fsp3) is 0.333. The molecule has 2 N–H and O–H groups in total. The Balaban J connectivity index is 1.52. The standard InChI is InChI=1S/C18H20N6O2/c1-12-9-19-17(25)6-7-24(12)18(26)15-8-13(21-22-15)10-23-11-20-14-4-2-3-5-16(14)23/h2-5,8,11-12H,6-7,9-10H2,1H3,(H,19,25)(H,21,22). The molecule has 0 bridgehead atoms. The number of nitrogens with one attached hydrogen (secondary N) is 2. The molecule has 2 aromatic heterocycles. The summed E-state index contributed by atoms with van der Waals surface area (Å²) in [5, 5.41) is 9.93. The van der Waals surface area contributed by atoms with Crippen LogP contribution in [0, 0.1) is 0 Å². The SMILES string of the molecule is CC1CNC(=O)CCN1C(=O)c1cc(Cn2cnc3ccccc32)[nH]n1. The molecule has 0 radical (unpaired) electrons. The average molecular weight is 352 g/mol. The molecule has 2 amide bonds. The number of hydrogen-bond acceptors (Lipinski definition) is 4. The highest BCUT2D eigenvalue weighted by Crippen LogP contribution is 2.15. The van der Waals surface area contributed by atoms with Crippen LogP contribution in [-0.2, 0) is 11.3 Å². The average Bonchev–Trinajstić information content (AvgIpc) is 3.24. The number of carbonyl (C=O) groups excluding carboxylic acids is 2. The summed E-state index contributed by atoms with van der Waals surface area (Å²) in [6, 6.07) is 9.60. The molecule has 1 aliphatic heterocycles. The quantitative estimate of drug-likeness (QED) is 0.739. The van der Waals surface area contributed by atoms with E-state index in [1.165, 1.54) is 0 Å². The van der Waals surface area contributed by atoms with E-state index in [1.807, 2.05) is 35.8 Å². The summed E-state index contributed by atoms with van der Waals surface area (Å²) in [6.45, 7) is 3.34. The summed E-state index contributed by atoms with van der Waals surface area (Å²) in [4.78, 5) is 30.4. The van der Waals surface area contributed by atoms with Gasteiger partial charge in [-0.05, 0) is 25.1 Å². The largest absolute Gasteiger partial charge is 0.354 e. The third-order valence-corrected chi connectivity index (χ3v) is 4.69. The van der Waals surface area contributed by atoms with Gasteiger partial charge in [0.2, 0.25) is 5.91 Å². The zero-order valence-electron chi connectivity index (χ0n) is 14.5. The van der Waals surface area contributed by atoms with Gasteiger partial charge in [0.05, 0.1) is 29.6 Å². The first-order valence-electron chi connectivity index (χ1n) is 8.63. The molecule has 1 saturated heterocycles. The van der Waals surface area contributed by atoms with E-state index in [-0.39, 0.29) is 17.9 Å². The minimum Gasteiger partial charge on any atom is -0.354 e. The molecule has 3 heterocycles. The van der Waals surface area contributed by atoms with Crippen molar-refractivity contribution in [3.63, 3.8) is 0 Å². The van der Waals surface area contributed by atoms with Crippen LogP contribution < -0.4 is 5.32 Å². The molecule has 0 aliphatic carbocycles. The maximum absolute atomic E-state index is 12.8. The van der Waals surface area contributed by atoms with Gasteiger partial charge >= 0.3 is 0 Å². The van der Waals surface area contributed by atoms with Gasteiger partial charge in [0, 0.05) is 25.6 Å². The van der Waals surface area contributed by atoms with Crippen molar-refractivity contribution in [1.29, 1.82) is 0 Å². The Morgan fingerprint density at radius 2 is 2.19 bits per heavy atom. The lowest BCUT2D eigenvalue weighted by Crippen LogP contribution is -2.42. The Bertz CT molecular complexity index is 959. The molecule has 1 aromatic carbocycles. The van der Waals surface area contributed by atoms with Gasteiger partial charge in [-0.3, -0.25) is 14.7 Å². The second-order valence-corrected chi connectivity index (χ2v) is 6.54. The van der Waals surface area contributed by atoms with Crippen LogP contribution in [0.2, 0.25) is 0 Å². The normalized spacial score (nSPS) is 18.0. The first-order chi connectivity index (χ1) is 12.6. The maximum atomic E-state index is 12.8. The minimum atomic E-state index is -0.160. The van der Waals surface area contributed by atoms with Gasteiger partial charge in [-0.25, -0.2) is 4.98 Å². The lowest BCUT2D eigenvalue weighted by atomic mass is 10.2. The van der Waals surface area contributed by atoms with Crippen molar-refractivity contribution in [2.45, 2.75) is 25.9 Å². The van der Waals surface area contributed by atoms with Crippen LogP contribution in [0.25, 0.3) is 11.0 Å². The predicted molar refractivity (Wildman–Crippen MR) is 95.5 cm³/mol. The van der Waals surface area contributed by atoms with Gasteiger partial charge in [-0.15, -0.1) is 0 Å². The van der Waals surface area contributed by atoms with E-state index in [0.717, 1.165) is 16.7 Å². The van der Waals surface area contributed by atoms with Gasteiger partial charge < -0.3 is 14.8 Å². The molecule has 8 heteroatoms. The van der Waals surface area contributed by atoms with Crippen LogP contribution in [0.5, 0.6) is 0 Å². The second kappa shape index (κ2) is 6.62. The summed E-state index contributed by atoms with van der Waals surface area (Å²) < 4.78 is 2.01. The topological polar surface area (TPSA) is 95.9 Å². The van der Waals surface area contributed by atoms with Crippen molar-refractivity contribution >= 4 is 22.8 Å². The number of fused-ring (bicyclic) bond motifs is 1. The van der Waals surface area contributed by atoms with Gasteiger partial charge in [0.15, 0.2) is 0 Å². The Hall–Kier alpha value is -3.16. The predicted octanol–water partition coefficient (Wildman–Crippen LogP) is 1.16. The molecule has 3 aromatic rings. The van der Waals surface area contributed by atoms with Crippen molar-refractivity contribution < 1.29 is 9.59 Å². The number of benzene rings is 1. The Labute approximate surface area is 150 Å². The number of para-hydroxylation sites is 2. The number of imidazole rings is 1. The van der Waals surface area contributed by atoms with Crippen molar-refractivity contribution in [3.8, 4) is 0 Å². The molecule has 1 aliphatic rings. The van der Waals surface area contributed by atoms with Crippen LogP contribution in [0.3, 0.4) is 0 Å². The molecule has 134 valence electrons. The highest BCUT2D eigenvalue weighted by molar-refractivity contribution is 5.93. The number of nitrogens with zero attached hydrogens (tertiary/aromatic N) is 4. The highest BCUT2D eigenvalue weighted by Gasteiger charge is 2.26. The van der Waals surface area contributed by atoms with Crippen molar-refractivity contribution in [2.75, 3.05) is 13.1 Å². The smallest absolute Gasteiger partial charge is 0.274 e. The minimum absolute atomic E-state index is 0.0261. The Morgan fingerprint density at radius 3 is 3.08 bits per heavy atom. The van der Waals surface area contributed by atoms with Crippen LogP contribution >= 0.6 is 0 Å². The molecular formula is C18H20N6O2. The molecule has 1 atom stereocenters. The van der Waals surface area contributed by atoms with Crippen molar-refractivity contribution in [2.24, 2.45) is 0 Å². The second-order valence-electron chi connectivity index (χ2n) is 6.54. The summed E-state index contributed by atoms with van der Waals surface area (Å²) in [5.41, 5.74) is 3.15. The van der Waals surface area contributed by atoms with Crippen LogP contribution in [0.15, 0.2) is 36.7 Å². The van der Waals surface area contributed by atoms with E-state index < -0.39 is 0 Å². The van der Waals surface area contributed by atoms with E-state index in [0.29, 0.717) is 31.7 Å². The first-order valence-corrected chi connectivity index (χ1v) is 8.63. The number of hydrogen-bond donors (Lipinski definition) is 2. The van der Waals surface area contributed by atoms with Gasteiger partial charge in [-0.1, -0.05) is 12.1 Å². The summed E-state index contributed by atoms with van der Waals surface area (Å²) in [5.74, 6) is -0.186. The molecule has 8 nitrogen and oxygen atoms in total. The molecule has 0 saturated carbocycles. The van der Waals surface area contributed by atoms with E-state index >= 15 is 0 Å². The third-order valence-electron chi connectivity index (χ3n) is 4.69. The molecule has 4 rings (SSSR count). The molecule has 1 fully saturated rings. The third kappa shape index (κ3) is 3.05. The Morgan fingerprint density at radius 1 is 1.35 bits per heavy atom. The first kappa shape index (κ1) is 16.3. The van der Waals surface area contributed by atoms with Gasteiger partial charge in [0.25, 0.3) is 5.91 Å². The zero-order chi connectivity index (χ0) is 18.1. The number of H-pyrrole nitrogens is 1. The summed E-state index contributed by atoms with van der Waals surface area (Å²) in [7, 11) is 0. The van der Waals surface area contributed by atoms with Crippen LogP contribution in [0.1, 0.15) is 29.5 Å².